The number of nitrogens with one attached hydrogen (secondary N) is 2. The quantitative estimate of drug-likeness (QED) is 0.0153. The number of nitrogens with zero attached hydrogens (tertiary/aromatic N) is 1. The molecule has 788 valence electrons. The molecule has 4 aliphatic rings. The minimum Gasteiger partial charge on any atom is -0.387 e. The van der Waals surface area contributed by atoms with Crippen molar-refractivity contribution in [1.82, 2.24) is 15.5 Å². The van der Waals surface area contributed by atoms with E-state index in [4.69, 9.17) is 134 Å². The van der Waals surface area contributed by atoms with Gasteiger partial charge in [-0.25, -0.2) is 13.7 Å². The lowest BCUT2D eigenvalue weighted by atomic mass is 9.71. The van der Waals surface area contributed by atoms with Crippen molar-refractivity contribution in [3.8, 4) is 0 Å². The molecule has 135 heavy (non-hydrogen) atoms. The van der Waals surface area contributed by atoms with Crippen LogP contribution in [0.25, 0.3) is 0 Å². The van der Waals surface area contributed by atoms with Gasteiger partial charge in [0.15, 0.2) is 18.9 Å². The molecule has 0 aromatic rings. The molecule has 4 rings (SSSR count). The Morgan fingerprint density at radius 2 is 0.556 bits per heavy atom. The Kier molecular flexibility index (Phi) is 66.7. The van der Waals surface area contributed by atoms with Gasteiger partial charge in [-0.15, -0.1) is 0 Å². The van der Waals surface area contributed by atoms with Crippen molar-refractivity contribution in [2.75, 3.05) is 271 Å². The second-order valence-electron chi connectivity index (χ2n) is 30.7. The molecule has 0 aromatic carbocycles. The third-order valence-electron chi connectivity index (χ3n) is 20.2. The first kappa shape index (κ1) is 123. The van der Waals surface area contributed by atoms with Crippen LogP contribution in [0.15, 0.2) is 12.2 Å². The van der Waals surface area contributed by atoms with E-state index < -0.39 is 153 Å². The smallest absolute Gasteiger partial charge is 0.387 e. The van der Waals surface area contributed by atoms with Gasteiger partial charge < -0.3 is 190 Å². The average molecular weight is 2030 g/mol. The van der Waals surface area contributed by atoms with E-state index in [2.05, 4.69) is 24.2 Å². The molecule has 53 nitrogen and oxygen atoms in total. The first-order chi connectivity index (χ1) is 64.6. The number of carbonyl (C=O) groups excluding carboxylic acids is 7. The van der Waals surface area contributed by atoms with Gasteiger partial charge in [0.1, 0.15) is 90.6 Å². The van der Waals surface area contributed by atoms with Crippen molar-refractivity contribution in [3.63, 3.8) is 0 Å². The summed E-state index contributed by atoms with van der Waals surface area (Å²) in [6.45, 7) is 2.81. The van der Waals surface area contributed by atoms with Gasteiger partial charge >= 0.3 is 23.5 Å². The fraction of sp³-hybridized carbons (Fsp3) is 0.886. The van der Waals surface area contributed by atoms with Gasteiger partial charge in [-0.2, -0.15) is 0 Å². The lowest BCUT2D eigenvalue weighted by Crippen LogP contribution is -2.59. The monoisotopic (exact) mass is 2030 g/mol. The second kappa shape index (κ2) is 73.1. The topological polar surface area (TPSA) is 732 Å². The molecule has 4 heterocycles. The van der Waals surface area contributed by atoms with Gasteiger partial charge in [-0.1, -0.05) is 0 Å². The third-order valence-corrected chi connectivity index (χ3v) is 21.6. The Hall–Kier alpha value is -4.08. The molecule has 0 spiro atoms. The maximum Gasteiger partial charge on any atom is 0.469 e. The van der Waals surface area contributed by atoms with Crippen LogP contribution in [0.1, 0.15) is 83.5 Å². The maximum absolute atomic E-state index is 14.1. The molecule has 4 amide bonds. The molecule has 3 fully saturated rings. The van der Waals surface area contributed by atoms with Crippen LogP contribution < -0.4 is 10.6 Å². The zero-order valence-corrected chi connectivity index (χ0v) is 78.5. The summed E-state index contributed by atoms with van der Waals surface area (Å²) >= 11 is 0. The van der Waals surface area contributed by atoms with Gasteiger partial charge in [0.05, 0.1) is 238 Å². The van der Waals surface area contributed by atoms with Crippen LogP contribution in [-0.2, 0) is 165 Å². The summed E-state index contributed by atoms with van der Waals surface area (Å²) in [5.41, 5.74) is -1.04. The van der Waals surface area contributed by atoms with Crippen molar-refractivity contribution in [2.24, 2.45) is 5.41 Å². The van der Waals surface area contributed by atoms with Crippen molar-refractivity contribution >= 4 is 64.4 Å². The summed E-state index contributed by atoms with van der Waals surface area (Å²) in [6, 6.07) is 0. The Morgan fingerprint density at radius 3 is 0.844 bits per heavy atom. The number of phosphoric acid groups is 3. The number of rotatable bonds is 88. The van der Waals surface area contributed by atoms with E-state index in [9.17, 15) is 93.2 Å². The van der Waals surface area contributed by atoms with E-state index >= 15 is 0 Å². The first-order valence-corrected chi connectivity index (χ1v) is 49.1. The number of Topliss-reactive ketones (excluding diaryl/α,β-unsaturated/α-hetero) is 3. The van der Waals surface area contributed by atoms with Crippen molar-refractivity contribution < 1.29 is 240 Å². The van der Waals surface area contributed by atoms with Gasteiger partial charge in [-0.05, 0) is 37.5 Å². The predicted molar refractivity (Wildman–Crippen MR) is 454 cm³/mol. The average Bonchev–Trinajstić information content (AvgIpc) is 1.37. The zero-order chi connectivity index (χ0) is 99.0. The molecular formula is C79H142N3O50P3. The largest absolute Gasteiger partial charge is 0.469 e. The summed E-state index contributed by atoms with van der Waals surface area (Å²) in [5, 5.41) is 97.1. The van der Waals surface area contributed by atoms with E-state index in [0.717, 1.165) is 4.90 Å². The molecule has 15 unspecified atom stereocenters. The van der Waals surface area contributed by atoms with Crippen molar-refractivity contribution in [3.05, 3.63) is 12.2 Å². The van der Waals surface area contributed by atoms with Gasteiger partial charge in [0.2, 0.25) is 11.8 Å². The molecular weight excluding hydrogens is 1880 g/mol. The molecule has 0 bridgehead atoms. The van der Waals surface area contributed by atoms with E-state index in [1.165, 1.54) is 12.2 Å². The van der Waals surface area contributed by atoms with Crippen LogP contribution >= 0.6 is 23.5 Å². The van der Waals surface area contributed by atoms with Crippen LogP contribution in [-0.4, -0.2) is 484 Å². The third kappa shape index (κ3) is 58.9. The highest BCUT2D eigenvalue weighted by molar-refractivity contribution is 7.46. The number of hydrogen-bond donors (Lipinski definition) is 17. The van der Waals surface area contributed by atoms with Gasteiger partial charge in [0, 0.05) is 96.4 Å². The Labute approximate surface area is 781 Å². The van der Waals surface area contributed by atoms with Crippen LogP contribution in [0, 0.1) is 5.41 Å². The molecule has 0 aliphatic carbocycles. The summed E-state index contributed by atoms with van der Waals surface area (Å²) in [4.78, 5) is 146. The molecule has 17 N–H and O–H groups in total. The second-order valence-corrected chi connectivity index (χ2v) is 34.4. The highest BCUT2D eigenvalue weighted by atomic mass is 31.2. The van der Waals surface area contributed by atoms with Crippen LogP contribution in [0.4, 0.5) is 0 Å². The minimum absolute atomic E-state index is 0.000843. The summed E-state index contributed by atoms with van der Waals surface area (Å²) < 4.78 is 168. The molecule has 56 heteroatoms. The Bertz CT molecular complexity index is 3100. The molecule has 0 aromatic heterocycles. The number of phosphoric ester groups is 3. The van der Waals surface area contributed by atoms with Crippen LogP contribution in [0.5, 0.6) is 0 Å². The first-order valence-electron chi connectivity index (χ1n) is 44.5. The van der Waals surface area contributed by atoms with E-state index in [1.807, 2.05) is 0 Å². The molecule has 0 saturated carbocycles. The molecule has 3 saturated heterocycles. The minimum atomic E-state index is -4.92. The number of carbonyl (C=O) groups is 7. The number of imide groups is 1. The van der Waals surface area contributed by atoms with Crippen molar-refractivity contribution in [2.45, 2.75) is 176 Å². The highest BCUT2D eigenvalue weighted by Gasteiger charge is 2.48. The molecule has 0 radical (unpaired) electrons. The highest BCUT2D eigenvalue weighted by Crippen LogP contribution is 2.42. The Balaban J connectivity index is 1.22. The number of ketones is 3. The normalized spacial score (nSPS) is 23.4. The zero-order valence-electron chi connectivity index (χ0n) is 75.8. The van der Waals surface area contributed by atoms with E-state index in [-0.39, 0.29) is 344 Å². The van der Waals surface area contributed by atoms with Gasteiger partial charge in [-0.3, -0.25) is 52.0 Å². The van der Waals surface area contributed by atoms with Crippen molar-refractivity contribution in [1.29, 1.82) is 0 Å². The maximum atomic E-state index is 14.1. The van der Waals surface area contributed by atoms with E-state index in [1.54, 1.807) is 0 Å². The number of ether oxygens (including phenoxy) is 22. The lowest BCUT2D eigenvalue weighted by Gasteiger charge is -2.40. The summed E-state index contributed by atoms with van der Waals surface area (Å²) in [6.07, 6.45) is -20.5. The number of aliphatic hydroxyl groups is 9. The number of hydrogen-bond acceptors (Lipinski definition) is 44. The summed E-state index contributed by atoms with van der Waals surface area (Å²) in [5.74, 6) is -2.13. The van der Waals surface area contributed by atoms with Crippen LogP contribution in [0.2, 0.25) is 0 Å². The fourth-order valence-corrected chi connectivity index (χ4v) is 13.9. The number of aliphatic hydroxyl groups excluding tert-OH is 9. The fourth-order valence-electron chi connectivity index (χ4n) is 12.9. The molecule has 15 atom stereocenters. The Morgan fingerprint density at radius 1 is 0.304 bits per heavy atom. The number of amides is 4. The standard InChI is InChI=1S/C79H142N3O50P3/c83-57(3-1-18-108-23-28-114-34-38-118-41-44-121-47-50-124-76-73(96)70(93)67(90)60(130-76)54-127-133(99,100)101)7-12-79(53-59(85)11-20-110-25-30-115-35-33-113-29-24-109-19-2-4-58(84)10-17-82-65(88)5-6-66(82)89,13-8-63(86)80-15-21-111-26-31-116-36-39-119-42-45-122-48-51-125-77-74(97)71(94)68(91)61(131-77)55-128-134(102,103)104)14-9-64(87)81-16-22-112-27-32-117-37-40-120-43-46-123-49-52-126-78-75(98)72(95)69(92)62(132-78)56-129-135(105,106)107/h5-6,60-62,67-78,90-98H,1-4,7-56H2,(H,80,86)(H,81,87)(H2,99,100,101)(H2,102,103,104)(H2,105,106,107). The van der Waals surface area contributed by atoms with Crippen LogP contribution in [0.3, 0.4) is 0 Å². The summed E-state index contributed by atoms with van der Waals surface area (Å²) in [7, 11) is -14.8. The molecule has 4 aliphatic heterocycles. The SMILES string of the molecule is O=C(CCCOCCOCCOCCOCCC(=O)CC(CCC(=O)CCCOCCOCCOCCOCCOC1OC(COP(=O)(O)O)C(O)C(O)C1O)(CCC(=O)NCCOCCOCCOCCOCCOC1OC(COP(=O)(O)O)C(O)C(O)C1O)CCC(=O)NCCOCCOCCOCCOCCOC1OC(COP(=O)(O)O)C(O)C(O)C1O)CCN1C(=O)C=CC1=O. The van der Waals surface area contributed by atoms with E-state index in [0.29, 0.717) is 19.4 Å². The predicted octanol–water partition coefficient (Wildman–Crippen LogP) is -6.03. The van der Waals surface area contributed by atoms with Gasteiger partial charge in [0.25, 0.3) is 11.8 Å². The lowest BCUT2D eigenvalue weighted by molar-refractivity contribution is -0.301.